The Morgan fingerprint density at radius 2 is 1.46 bits per heavy atom. The molecule has 1 heterocycles. The van der Waals surface area contributed by atoms with Crippen LogP contribution >= 0.6 is 0 Å². The summed E-state index contributed by atoms with van der Waals surface area (Å²) in [5, 5.41) is 3.08. The summed E-state index contributed by atoms with van der Waals surface area (Å²) in [5.74, 6) is -0.153. The van der Waals surface area contributed by atoms with Gasteiger partial charge in [-0.2, -0.15) is 0 Å². The van der Waals surface area contributed by atoms with Crippen molar-refractivity contribution in [2.75, 3.05) is 13.2 Å². The predicted octanol–water partition coefficient (Wildman–Crippen LogP) is 4.55. The molecule has 0 unspecified atom stereocenters. The zero-order valence-electron chi connectivity index (χ0n) is 20.1. The summed E-state index contributed by atoms with van der Waals surface area (Å²) in [6.45, 7) is 1.60. The maximum absolute atomic E-state index is 13.6. The van der Waals surface area contributed by atoms with Crippen LogP contribution in [0.3, 0.4) is 0 Å². The average molecular weight is 471 g/mol. The van der Waals surface area contributed by atoms with E-state index in [4.69, 9.17) is 4.74 Å². The van der Waals surface area contributed by atoms with Gasteiger partial charge in [-0.1, -0.05) is 91.0 Å². The molecule has 3 aromatic rings. The molecule has 5 heteroatoms. The molecule has 35 heavy (non-hydrogen) atoms. The second-order valence-electron chi connectivity index (χ2n) is 9.08. The van der Waals surface area contributed by atoms with Crippen LogP contribution in [0.15, 0.2) is 91.0 Å². The van der Waals surface area contributed by atoms with Crippen molar-refractivity contribution >= 4 is 11.8 Å². The maximum atomic E-state index is 13.6. The molecule has 2 atom stereocenters. The number of carbonyl (C=O) groups excluding carboxylic acids is 2. The highest BCUT2D eigenvalue weighted by atomic mass is 16.5. The summed E-state index contributed by atoms with van der Waals surface area (Å²) < 4.78 is 5.70. The van der Waals surface area contributed by atoms with E-state index < -0.39 is 6.04 Å². The lowest BCUT2D eigenvalue weighted by molar-refractivity contribution is -0.141. The number of rotatable bonds is 11. The van der Waals surface area contributed by atoms with Gasteiger partial charge in [0.05, 0.1) is 6.10 Å². The Balaban J connectivity index is 1.56. The molecule has 0 aromatic heterocycles. The Labute approximate surface area is 208 Å². The Bertz CT molecular complexity index is 1050. The van der Waals surface area contributed by atoms with E-state index in [2.05, 4.69) is 5.32 Å². The predicted molar refractivity (Wildman–Crippen MR) is 138 cm³/mol. The second kappa shape index (κ2) is 12.9. The first-order valence-corrected chi connectivity index (χ1v) is 12.5. The zero-order chi connectivity index (χ0) is 24.3. The van der Waals surface area contributed by atoms with Crippen LogP contribution in [0.4, 0.5) is 0 Å². The average Bonchev–Trinajstić information content (AvgIpc) is 3.43. The molecule has 182 valence electrons. The monoisotopic (exact) mass is 470 g/mol. The van der Waals surface area contributed by atoms with Crippen LogP contribution in [0.5, 0.6) is 0 Å². The molecular weight excluding hydrogens is 436 g/mol. The van der Waals surface area contributed by atoms with Crippen molar-refractivity contribution in [1.82, 2.24) is 10.2 Å². The van der Waals surface area contributed by atoms with Gasteiger partial charge in [0.1, 0.15) is 6.04 Å². The van der Waals surface area contributed by atoms with Crippen molar-refractivity contribution in [1.29, 1.82) is 0 Å². The van der Waals surface area contributed by atoms with E-state index in [0.717, 1.165) is 36.1 Å². The first-order valence-electron chi connectivity index (χ1n) is 12.5. The molecule has 2 amide bonds. The van der Waals surface area contributed by atoms with Crippen LogP contribution in [-0.2, 0) is 33.7 Å². The topological polar surface area (TPSA) is 58.6 Å². The van der Waals surface area contributed by atoms with Crippen molar-refractivity contribution in [3.05, 3.63) is 108 Å². The molecule has 0 aliphatic carbocycles. The number of nitrogens with zero attached hydrogens (tertiary/aromatic N) is 1. The number of ether oxygens (including phenoxy) is 1. The number of aryl methyl sites for hydroxylation is 1. The van der Waals surface area contributed by atoms with Gasteiger partial charge in [-0.3, -0.25) is 9.59 Å². The van der Waals surface area contributed by atoms with Gasteiger partial charge in [0.25, 0.3) is 0 Å². The summed E-state index contributed by atoms with van der Waals surface area (Å²) in [6, 6.07) is 29.2. The summed E-state index contributed by atoms with van der Waals surface area (Å²) in [6.07, 6.45) is 3.47. The smallest absolute Gasteiger partial charge is 0.243 e. The molecule has 1 aliphatic rings. The van der Waals surface area contributed by atoms with Crippen LogP contribution in [0.25, 0.3) is 0 Å². The SMILES string of the molecule is O=C(NC[C@H]1CCCO1)[C@H](Cc1ccccc1)N(Cc1ccccc1)C(=O)CCc1ccccc1. The summed E-state index contributed by atoms with van der Waals surface area (Å²) in [4.78, 5) is 29.0. The number of benzene rings is 3. The molecule has 0 spiro atoms. The summed E-state index contributed by atoms with van der Waals surface area (Å²) >= 11 is 0. The first-order chi connectivity index (χ1) is 17.2. The molecule has 1 fully saturated rings. The third-order valence-electron chi connectivity index (χ3n) is 6.47. The number of hydrogen-bond acceptors (Lipinski definition) is 3. The number of hydrogen-bond donors (Lipinski definition) is 1. The van der Waals surface area contributed by atoms with Crippen molar-refractivity contribution < 1.29 is 14.3 Å². The largest absolute Gasteiger partial charge is 0.376 e. The van der Waals surface area contributed by atoms with Crippen LogP contribution in [0.1, 0.15) is 36.0 Å². The molecule has 1 N–H and O–H groups in total. The quantitative estimate of drug-likeness (QED) is 0.447. The van der Waals surface area contributed by atoms with Gasteiger partial charge in [-0.15, -0.1) is 0 Å². The van der Waals surface area contributed by atoms with Gasteiger partial charge in [-0.25, -0.2) is 0 Å². The molecule has 0 bridgehead atoms. The van der Waals surface area contributed by atoms with Crippen LogP contribution in [-0.4, -0.2) is 42.0 Å². The standard InChI is InChI=1S/C30H34N2O3/c33-29(19-18-24-11-4-1-5-12-24)32(23-26-15-8-3-9-16-26)28(21-25-13-6-2-7-14-25)30(34)31-22-27-17-10-20-35-27/h1-9,11-16,27-28H,10,17-23H2,(H,31,34)/t27-,28+/m1/s1. The van der Waals surface area contributed by atoms with Crippen LogP contribution in [0, 0.1) is 0 Å². The number of nitrogens with one attached hydrogen (secondary N) is 1. The fourth-order valence-electron chi connectivity index (χ4n) is 4.51. The number of carbonyl (C=O) groups is 2. The molecule has 0 radical (unpaired) electrons. The maximum Gasteiger partial charge on any atom is 0.243 e. The van der Waals surface area contributed by atoms with E-state index in [-0.39, 0.29) is 17.9 Å². The van der Waals surface area contributed by atoms with E-state index in [1.54, 1.807) is 4.90 Å². The number of amides is 2. The van der Waals surface area contributed by atoms with Crippen LogP contribution < -0.4 is 5.32 Å². The van der Waals surface area contributed by atoms with E-state index in [1.165, 1.54) is 0 Å². The third-order valence-corrected chi connectivity index (χ3v) is 6.47. The molecule has 4 rings (SSSR count). The van der Waals surface area contributed by atoms with E-state index in [0.29, 0.717) is 32.4 Å². The van der Waals surface area contributed by atoms with Crippen molar-refractivity contribution in [2.45, 2.75) is 50.8 Å². The second-order valence-corrected chi connectivity index (χ2v) is 9.08. The molecule has 3 aromatic carbocycles. The lowest BCUT2D eigenvalue weighted by atomic mass is 10.0. The minimum atomic E-state index is -0.609. The van der Waals surface area contributed by atoms with Crippen molar-refractivity contribution in [3.63, 3.8) is 0 Å². The van der Waals surface area contributed by atoms with Crippen LogP contribution in [0.2, 0.25) is 0 Å². The third kappa shape index (κ3) is 7.52. The van der Waals surface area contributed by atoms with E-state index >= 15 is 0 Å². The first kappa shape index (κ1) is 24.7. The van der Waals surface area contributed by atoms with Gasteiger partial charge in [0, 0.05) is 32.5 Å². The Hall–Kier alpha value is -3.44. The molecule has 0 saturated carbocycles. The molecule has 1 aliphatic heterocycles. The summed E-state index contributed by atoms with van der Waals surface area (Å²) in [5.41, 5.74) is 3.15. The zero-order valence-corrected chi connectivity index (χ0v) is 20.1. The normalized spacial score (nSPS) is 15.9. The minimum Gasteiger partial charge on any atom is -0.376 e. The molecule has 5 nitrogen and oxygen atoms in total. The van der Waals surface area contributed by atoms with Crippen molar-refractivity contribution in [3.8, 4) is 0 Å². The van der Waals surface area contributed by atoms with Gasteiger partial charge in [-0.05, 0) is 36.0 Å². The fourth-order valence-corrected chi connectivity index (χ4v) is 4.51. The Morgan fingerprint density at radius 3 is 2.06 bits per heavy atom. The van der Waals surface area contributed by atoms with E-state index in [9.17, 15) is 9.59 Å². The highest BCUT2D eigenvalue weighted by Crippen LogP contribution is 2.17. The van der Waals surface area contributed by atoms with Gasteiger partial charge in [0.15, 0.2) is 0 Å². The lowest BCUT2D eigenvalue weighted by Gasteiger charge is -2.32. The van der Waals surface area contributed by atoms with Gasteiger partial charge < -0.3 is 15.0 Å². The van der Waals surface area contributed by atoms with Gasteiger partial charge in [0.2, 0.25) is 11.8 Å². The molecule has 1 saturated heterocycles. The highest BCUT2D eigenvalue weighted by Gasteiger charge is 2.30. The van der Waals surface area contributed by atoms with E-state index in [1.807, 2.05) is 91.0 Å². The summed E-state index contributed by atoms with van der Waals surface area (Å²) in [7, 11) is 0. The highest BCUT2D eigenvalue weighted by molar-refractivity contribution is 5.88. The molecular formula is C30H34N2O3. The minimum absolute atomic E-state index is 0.0223. The Morgan fingerprint density at radius 1 is 0.857 bits per heavy atom. The van der Waals surface area contributed by atoms with Crippen molar-refractivity contribution in [2.24, 2.45) is 0 Å². The Kier molecular flexibility index (Phi) is 9.07. The lowest BCUT2D eigenvalue weighted by Crippen LogP contribution is -2.51. The fraction of sp³-hybridized carbons (Fsp3) is 0.333. The van der Waals surface area contributed by atoms with Gasteiger partial charge >= 0.3 is 0 Å².